The van der Waals surface area contributed by atoms with Crippen molar-refractivity contribution >= 4 is 32.6 Å². The van der Waals surface area contributed by atoms with Crippen molar-refractivity contribution in [2.24, 2.45) is 5.92 Å². The van der Waals surface area contributed by atoms with E-state index >= 15 is 0 Å². The maximum Gasteiger partial charge on any atom is 0.182 e. The average Bonchev–Trinajstić information content (AvgIpc) is 3.19. The molecule has 0 amide bonds. The van der Waals surface area contributed by atoms with Gasteiger partial charge in [-0.1, -0.05) is 31.0 Å². The normalized spacial score (nSPS) is 14.9. The number of aromatic nitrogens is 1. The van der Waals surface area contributed by atoms with Crippen molar-refractivity contribution in [3.63, 3.8) is 0 Å². The number of para-hydroxylation sites is 1. The summed E-state index contributed by atoms with van der Waals surface area (Å²) in [6.07, 6.45) is 4.22. The summed E-state index contributed by atoms with van der Waals surface area (Å²) >= 11 is 3.46. The number of rotatable bonds is 4. The first-order valence-electron chi connectivity index (χ1n) is 6.32. The minimum Gasteiger partial charge on any atom is -0.292 e. The van der Waals surface area contributed by atoms with Crippen LogP contribution in [-0.2, 0) is 0 Å². The summed E-state index contributed by atoms with van der Waals surface area (Å²) < 4.78 is 0.807. The van der Waals surface area contributed by atoms with Gasteiger partial charge in [0.1, 0.15) is 5.69 Å². The molecule has 1 heterocycles. The fourth-order valence-corrected chi connectivity index (χ4v) is 2.70. The van der Waals surface area contributed by atoms with E-state index in [1.807, 2.05) is 30.3 Å². The van der Waals surface area contributed by atoms with E-state index < -0.39 is 0 Å². The summed E-state index contributed by atoms with van der Waals surface area (Å²) in [5.41, 5.74) is 1.46. The third-order valence-electron chi connectivity index (χ3n) is 3.42. The Kier molecular flexibility index (Phi) is 3.16. The van der Waals surface area contributed by atoms with E-state index in [1.54, 1.807) is 0 Å². The monoisotopic (exact) mass is 303 g/mol. The first kappa shape index (κ1) is 11.8. The van der Waals surface area contributed by atoms with Gasteiger partial charge in [-0.2, -0.15) is 0 Å². The molecule has 18 heavy (non-hydrogen) atoms. The van der Waals surface area contributed by atoms with Gasteiger partial charge >= 0.3 is 0 Å². The molecule has 0 aliphatic heterocycles. The smallest absolute Gasteiger partial charge is 0.182 e. The lowest BCUT2D eigenvalue weighted by Gasteiger charge is -2.05. The van der Waals surface area contributed by atoms with Crippen LogP contribution in [0.15, 0.2) is 34.8 Å². The van der Waals surface area contributed by atoms with Gasteiger partial charge in [-0.25, -0.2) is 4.98 Å². The van der Waals surface area contributed by atoms with Crippen LogP contribution >= 0.6 is 15.9 Å². The molecule has 1 saturated carbocycles. The minimum absolute atomic E-state index is 0.152. The minimum atomic E-state index is 0.152. The Hall–Kier alpha value is -1.22. The predicted molar refractivity (Wildman–Crippen MR) is 75.7 cm³/mol. The van der Waals surface area contributed by atoms with Gasteiger partial charge in [0.15, 0.2) is 5.78 Å². The zero-order chi connectivity index (χ0) is 12.5. The van der Waals surface area contributed by atoms with Crippen LogP contribution < -0.4 is 0 Å². The molecule has 2 nitrogen and oxygen atoms in total. The van der Waals surface area contributed by atoms with Crippen molar-refractivity contribution in [2.75, 3.05) is 0 Å². The van der Waals surface area contributed by atoms with E-state index in [0.717, 1.165) is 27.7 Å². The predicted octanol–water partition coefficient (Wildman–Crippen LogP) is 4.37. The molecule has 1 aromatic heterocycles. The molecular formula is C15H14BrNO. The van der Waals surface area contributed by atoms with Gasteiger partial charge in [0, 0.05) is 16.3 Å². The number of pyridine rings is 1. The first-order valence-corrected chi connectivity index (χ1v) is 7.12. The summed E-state index contributed by atoms with van der Waals surface area (Å²) in [7, 11) is 0. The Morgan fingerprint density at radius 3 is 2.89 bits per heavy atom. The van der Waals surface area contributed by atoms with Crippen molar-refractivity contribution < 1.29 is 4.79 Å². The van der Waals surface area contributed by atoms with Crippen LogP contribution in [0.25, 0.3) is 10.9 Å². The number of ketones is 1. The van der Waals surface area contributed by atoms with Gasteiger partial charge in [-0.15, -0.1) is 0 Å². The average molecular weight is 304 g/mol. The summed E-state index contributed by atoms with van der Waals surface area (Å²) in [6.45, 7) is 0. The number of Topliss-reactive ketones (excluding diaryl/α,β-unsaturated/α-hetero) is 1. The van der Waals surface area contributed by atoms with Crippen LogP contribution in [0.5, 0.6) is 0 Å². The molecule has 1 fully saturated rings. The van der Waals surface area contributed by atoms with E-state index in [1.165, 1.54) is 12.8 Å². The largest absolute Gasteiger partial charge is 0.292 e. The molecule has 1 aliphatic rings. The Morgan fingerprint density at radius 1 is 1.33 bits per heavy atom. The number of carbonyl (C=O) groups is 1. The van der Waals surface area contributed by atoms with E-state index in [9.17, 15) is 4.79 Å². The lowest BCUT2D eigenvalue weighted by molar-refractivity contribution is 0.0973. The number of halogens is 1. The Balaban J connectivity index is 1.89. The van der Waals surface area contributed by atoms with Crippen molar-refractivity contribution in [3.05, 3.63) is 40.5 Å². The second-order valence-corrected chi connectivity index (χ2v) is 5.77. The van der Waals surface area contributed by atoms with Gasteiger partial charge in [0.2, 0.25) is 0 Å². The molecule has 0 bridgehead atoms. The molecule has 0 radical (unpaired) electrons. The molecule has 2 aromatic rings. The zero-order valence-corrected chi connectivity index (χ0v) is 11.6. The molecule has 3 rings (SSSR count). The summed E-state index contributed by atoms with van der Waals surface area (Å²) in [4.78, 5) is 16.6. The second kappa shape index (κ2) is 4.81. The maximum atomic E-state index is 12.1. The van der Waals surface area contributed by atoms with Gasteiger partial charge in [-0.05, 0) is 40.4 Å². The van der Waals surface area contributed by atoms with Crippen LogP contribution in [0, 0.1) is 5.92 Å². The van der Waals surface area contributed by atoms with Crippen molar-refractivity contribution in [1.82, 2.24) is 4.98 Å². The third-order valence-corrected chi connectivity index (χ3v) is 4.02. The number of fused-ring (bicyclic) bond motifs is 1. The number of benzene rings is 1. The van der Waals surface area contributed by atoms with Crippen LogP contribution in [0.4, 0.5) is 0 Å². The van der Waals surface area contributed by atoms with Gasteiger partial charge in [0.25, 0.3) is 0 Å². The van der Waals surface area contributed by atoms with Crippen LogP contribution in [-0.4, -0.2) is 10.8 Å². The number of hydrogen-bond donors (Lipinski definition) is 0. The first-order chi connectivity index (χ1) is 8.74. The number of nitrogens with zero attached hydrogens (tertiary/aromatic N) is 1. The highest BCUT2D eigenvalue weighted by atomic mass is 79.9. The molecular weight excluding hydrogens is 290 g/mol. The fourth-order valence-electron chi connectivity index (χ4n) is 2.15. The highest BCUT2D eigenvalue weighted by Gasteiger charge is 2.23. The zero-order valence-electron chi connectivity index (χ0n) is 10.0. The molecule has 1 aromatic carbocycles. The third kappa shape index (κ3) is 2.46. The Bertz CT molecular complexity index is 604. The van der Waals surface area contributed by atoms with E-state index in [-0.39, 0.29) is 5.78 Å². The van der Waals surface area contributed by atoms with Crippen molar-refractivity contribution in [2.45, 2.75) is 25.7 Å². The van der Waals surface area contributed by atoms with Gasteiger partial charge < -0.3 is 0 Å². The molecule has 1 aliphatic carbocycles. The van der Waals surface area contributed by atoms with E-state index in [0.29, 0.717) is 12.1 Å². The molecule has 0 saturated heterocycles. The van der Waals surface area contributed by atoms with E-state index in [4.69, 9.17) is 0 Å². The molecule has 0 N–H and O–H groups in total. The van der Waals surface area contributed by atoms with Crippen LogP contribution in [0.2, 0.25) is 0 Å². The molecule has 0 spiro atoms. The number of hydrogen-bond acceptors (Lipinski definition) is 2. The highest BCUT2D eigenvalue weighted by molar-refractivity contribution is 9.10. The summed E-state index contributed by atoms with van der Waals surface area (Å²) in [6, 6.07) is 9.85. The second-order valence-electron chi connectivity index (χ2n) is 4.92. The molecule has 3 heteroatoms. The lowest BCUT2D eigenvalue weighted by Crippen LogP contribution is -2.04. The molecule has 0 unspecified atom stereocenters. The van der Waals surface area contributed by atoms with Crippen LogP contribution in [0.1, 0.15) is 36.2 Å². The number of carbonyl (C=O) groups excluding carboxylic acids is 1. The Labute approximate surface area is 115 Å². The molecule has 92 valence electrons. The molecule has 0 atom stereocenters. The standard InChI is InChI=1S/C15H14BrNO/c16-12-9-11-3-1-2-4-13(11)17-15(12)14(18)8-7-10-5-6-10/h1-4,9-10H,5-8H2. The summed E-state index contributed by atoms with van der Waals surface area (Å²) in [5, 5.41) is 1.06. The van der Waals surface area contributed by atoms with Crippen molar-refractivity contribution in [3.8, 4) is 0 Å². The quantitative estimate of drug-likeness (QED) is 0.785. The topological polar surface area (TPSA) is 30.0 Å². The van der Waals surface area contributed by atoms with E-state index in [2.05, 4.69) is 20.9 Å². The SMILES string of the molecule is O=C(CCC1CC1)c1nc2ccccc2cc1Br. The van der Waals surface area contributed by atoms with Crippen LogP contribution in [0.3, 0.4) is 0 Å². The van der Waals surface area contributed by atoms with Gasteiger partial charge in [0.05, 0.1) is 5.52 Å². The highest BCUT2D eigenvalue weighted by Crippen LogP contribution is 2.34. The van der Waals surface area contributed by atoms with Gasteiger partial charge in [-0.3, -0.25) is 4.79 Å². The lowest BCUT2D eigenvalue weighted by atomic mass is 10.1. The Morgan fingerprint density at radius 2 is 2.11 bits per heavy atom. The summed E-state index contributed by atoms with van der Waals surface area (Å²) in [5.74, 6) is 0.938. The maximum absolute atomic E-state index is 12.1. The fraction of sp³-hybridized carbons (Fsp3) is 0.333. The van der Waals surface area contributed by atoms with Crippen molar-refractivity contribution in [1.29, 1.82) is 0 Å².